The molecule has 2 rings (SSSR count). The Morgan fingerprint density at radius 3 is 2.68 bits per heavy atom. The van der Waals surface area contributed by atoms with Crippen LogP contribution in [-0.4, -0.2) is 23.0 Å². The predicted octanol–water partition coefficient (Wildman–Crippen LogP) is 3.49. The summed E-state index contributed by atoms with van der Waals surface area (Å²) >= 11 is 3.34. The van der Waals surface area contributed by atoms with Gasteiger partial charge in [-0.3, -0.25) is 4.68 Å². The Kier molecular flexibility index (Phi) is 4.47. The molecule has 0 fully saturated rings. The van der Waals surface area contributed by atoms with Crippen LogP contribution in [0.4, 0.5) is 0 Å². The molecular formula is C14H17BrN2O2. The van der Waals surface area contributed by atoms with Gasteiger partial charge in [0.2, 0.25) is 0 Å². The maximum absolute atomic E-state index is 5.83. The van der Waals surface area contributed by atoms with Crippen molar-refractivity contribution in [2.45, 2.75) is 26.5 Å². The van der Waals surface area contributed by atoms with Crippen LogP contribution in [0.15, 0.2) is 35.1 Å². The van der Waals surface area contributed by atoms with E-state index in [-0.39, 0.29) is 6.10 Å². The maximum atomic E-state index is 5.83. The molecule has 2 aromatic rings. The zero-order chi connectivity index (χ0) is 13.8. The van der Waals surface area contributed by atoms with Crippen LogP contribution >= 0.6 is 15.9 Å². The minimum atomic E-state index is 0.121. The van der Waals surface area contributed by atoms with Crippen molar-refractivity contribution in [3.05, 3.63) is 40.6 Å². The molecule has 0 aliphatic heterocycles. The van der Waals surface area contributed by atoms with Crippen LogP contribution in [0.2, 0.25) is 0 Å². The standard InChI is InChI=1S/C14H17BrN2O2/c1-10(2)19-13-8-12(18-3)5-4-11(13)9-17-7-6-14(15)16-17/h4-8,10H,9H2,1-3H3. The van der Waals surface area contributed by atoms with Gasteiger partial charge in [-0.2, -0.15) is 5.10 Å². The summed E-state index contributed by atoms with van der Waals surface area (Å²) in [4.78, 5) is 0. The molecule has 1 aromatic carbocycles. The lowest BCUT2D eigenvalue weighted by molar-refractivity contribution is 0.238. The van der Waals surface area contributed by atoms with Crippen LogP contribution in [0.5, 0.6) is 11.5 Å². The van der Waals surface area contributed by atoms with Gasteiger partial charge < -0.3 is 9.47 Å². The summed E-state index contributed by atoms with van der Waals surface area (Å²) in [7, 11) is 1.65. The van der Waals surface area contributed by atoms with Gasteiger partial charge in [-0.1, -0.05) is 0 Å². The highest BCUT2D eigenvalue weighted by molar-refractivity contribution is 9.10. The number of nitrogens with zero attached hydrogens (tertiary/aromatic N) is 2. The molecule has 19 heavy (non-hydrogen) atoms. The van der Waals surface area contributed by atoms with Crippen LogP contribution in [0.25, 0.3) is 0 Å². The Hall–Kier alpha value is -1.49. The van der Waals surface area contributed by atoms with Gasteiger partial charge in [0.1, 0.15) is 16.1 Å². The summed E-state index contributed by atoms with van der Waals surface area (Å²) in [5, 5.41) is 4.32. The summed E-state index contributed by atoms with van der Waals surface area (Å²) < 4.78 is 13.8. The Balaban J connectivity index is 2.27. The van der Waals surface area contributed by atoms with Crippen molar-refractivity contribution in [1.29, 1.82) is 0 Å². The van der Waals surface area contributed by atoms with E-state index in [9.17, 15) is 0 Å². The average molecular weight is 325 g/mol. The van der Waals surface area contributed by atoms with Crippen LogP contribution in [-0.2, 0) is 6.54 Å². The molecule has 102 valence electrons. The van der Waals surface area contributed by atoms with E-state index in [0.717, 1.165) is 21.7 Å². The van der Waals surface area contributed by atoms with E-state index in [1.165, 1.54) is 0 Å². The van der Waals surface area contributed by atoms with Gasteiger partial charge in [0.05, 0.1) is 19.8 Å². The van der Waals surface area contributed by atoms with Gasteiger partial charge in [0.15, 0.2) is 0 Å². The molecule has 0 bridgehead atoms. The minimum absolute atomic E-state index is 0.121. The zero-order valence-electron chi connectivity index (χ0n) is 11.3. The van der Waals surface area contributed by atoms with Gasteiger partial charge in [-0.15, -0.1) is 0 Å². The number of aromatic nitrogens is 2. The van der Waals surface area contributed by atoms with Gasteiger partial charge in [-0.25, -0.2) is 0 Å². The molecule has 0 spiro atoms. The first-order chi connectivity index (χ1) is 9.08. The van der Waals surface area contributed by atoms with E-state index >= 15 is 0 Å². The van der Waals surface area contributed by atoms with Crippen LogP contribution < -0.4 is 9.47 Å². The Morgan fingerprint density at radius 2 is 2.11 bits per heavy atom. The van der Waals surface area contributed by atoms with E-state index in [2.05, 4.69) is 21.0 Å². The molecule has 0 atom stereocenters. The third-order valence-corrected chi connectivity index (χ3v) is 3.00. The van der Waals surface area contributed by atoms with E-state index < -0.39 is 0 Å². The second kappa shape index (κ2) is 6.10. The lowest BCUT2D eigenvalue weighted by atomic mass is 10.2. The van der Waals surface area contributed by atoms with E-state index in [0.29, 0.717) is 6.54 Å². The zero-order valence-corrected chi connectivity index (χ0v) is 12.8. The normalized spacial score (nSPS) is 10.8. The lowest BCUT2D eigenvalue weighted by Gasteiger charge is -2.15. The molecular weight excluding hydrogens is 308 g/mol. The summed E-state index contributed by atoms with van der Waals surface area (Å²) in [5.74, 6) is 1.63. The number of hydrogen-bond acceptors (Lipinski definition) is 3. The van der Waals surface area contributed by atoms with Gasteiger partial charge in [0.25, 0.3) is 0 Å². The fraction of sp³-hybridized carbons (Fsp3) is 0.357. The molecule has 0 amide bonds. The number of halogens is 1. The van der Waals surface area contributed by atoms with Crippen LogP contribution in [0.1, 0.15) is 19.4 Å². The maximum Gasteiger partial charge on any atom is 0.128 e. The topological polar surface area (TPSA) is 36.3 Å². The molecule has 0 saturated carbocycles. The molecule has 0 N–H and O–H groups in total. The van der Waals surface area contributed by atoms with Crippen LogP contribution in [0, 0.1) is 0 Å². The van der Waals surface area contributed by atoms with Crippen LogP contribution in [0.3, 0.4) is 0 Å². The Bertz CT molecular complexity index is 552. The second-order valence-corrected chi connectivity index (χ2v) is 5.29. The number of rotatable bonds is 5. The highest BCUT2D eigenvalue weighted by Crippen LogP contribution is 2.26. The van der Waals surface area contributed by atoms with Crippen molar-refractivity contribution in [1.82, 2.24) is 9.78 Å². The van der Waals surface area contributed by atoms with Crippen molar-refractivity contribution >= 4 is 15.9 Å². The molecule has 1 aromatic heterocycles. The summed E-state index contributed by atoms with van der Waals surface area (Å²) in [6, 6.07) is 7.76. The summed E-state index contributed by atoms with van der Waals surface area (Å²) in [6.45, 7) is 4.68. The molecule has 0 radical (unpaired) electrons. The first-order valence-electron chi connectivity index (χ1n) is 6.11. The van der Waals surface area contributed by atoms with E-state index in [4.69, 9.17) is 9.47 Å². The van der Waals surface area contributed by atoms with E-state index in [1.54, 1.807) is 7.11 Å². The molecule has 0 aliphatic rings. The monoisotopic (exact) mass is 324 g/mol. The molecule has 0 saturated heterocycles. The SMILES string of the molecule is COc1ccc(Cn2ccc(Br)n2)c(OC(C)C)c1. The number of hydrogen-bond donors (Lipinski definition) is 0. The highest BCUT2D eigenvalue weighted by Gasteiger charge is 2.09. The Labute approximate surface area is 121 Å². The highest BCUT2D eigenvalue weighted by atomic mass is 79.9. The lowest BCUT2D eigenvalue weighted by Crippen LogP contribution is -2.09. The third kappa shape index (κ3) is 3.73. The second-order valence-electron chi connectivity index (χ2n) is 4.48. The Morgan fingerprint density at radius 1 is 1.32 bits per heavy atom. The predicted molar refractivity (Wildman–Crippen MR) is 77.8 cm³/mol. The van der Waals surface area contributed by atoms with Gasteiger partial charge in [-0.05, 0) is 48.0 Å². The third-order valence-electron chi connectivity index (χ3n) is 2.58. The number of benzene rings is 1. The summed E-state index contributed by atoms with van der Waals surface area (Å²) in [5.41, 5.74) is 1.07. The number of ether oxygens (including phenoxy) is 2. The molecule has 4 nitrogen and oxygen atoms in total. The van der Waals surface area contributed by atoms with E-state index in [1.807, 2.05) is 49.0 Å². The molecule has 0 aliphatic carbocycles. The first-order valence-corrected chi connectivity index (χ1v) is 6.90. The van der Waals surface area contributed by atoms with Crippen molar-refractivity contribution in [3.8, 4) is 11.5 Å². The van der Waals surface area contributed by atoms with Crippen molar-refractivity contribution < 1.29 is 9.47 Å². The fourth-order valence-corrected chi connectivity index (χ4v) is 2.08. The van der Waals surface area contributed by atoms with Gasteiger partial charge in [0, 0.05) is 17.8 Å². The average Bonchev–Trinajstić information content (AvgIpc) is 2.76. The van der Waals surface area contributed by atoms with Crippen molar-refractivity contribution in [2.75, 3.05) is 7.11 Å². The van der Waals surface area contributed by atoms with Crippen molar-refractivity contribution in [2.24, 2.45) is 0 Å². The largest absolute Gasteiger partial charge is 0.497 e. The first kappa shape index (κ1) is 13.9. The quantitative estimate of drug-likeness (QED) is 0.844. The smallest absolute Gasteiger partial charge is 0.128 e. The fourth-order valence-electron chi connectivity index (χ4n) is 1.76. The molecule has 1 heterocycles. The van der Waals surface area contributed by atoms with Gasteiger partial charge >= 0.3 is 0 Å². The molecule has 5 heteroatoms. The van der Waals surface area contributed by atoms with Crippen molar-refractivity contribution in [3.63, 3.8) is 0 Å². The number of methoxy groups -OCH3 is 1. The summed E-state index contributed by atoms with van der Waals surface area (Å²) in [6.07, 6.45) is 2.04. The molecule has 0 unspecified atom stereocenters. The minimum Gasteiger partial charge on any atom is -0.497 e.